The van der Waals surface area contributed by atoms with Crippen LogP contribution >= 0.6 is 0 Å². The summed E-state index contributed by atoms with van der Waals surface area (Å²) < 4.78 is 4.06. The van der Waals surface area contributed by atoms with Gasteiger partial charge in [0.05, 0.1) is 0 Å². The predicted molar refractivity (Wildman–Crippen MR) is 41.9 cm³/mol. The highest BCUT2D eigenvalue weighted by Crippen LogP contribution is 1.99. The third kappa shape index (κ3) is 3.52. The van der Waals surface area contributed by atoms with Gasteiger partial charge in [-0.2, -0.15) is 0 Å². The first-order valence-corrected chi connectivity index (χ1v) is 3.50. The highest BCUT2D eigenvalue weighted by molar-refractivity contribution is 5.84. The second kappa shape index (κ2) is 5.32. The van der Waals surface area contributed by atoms with Gasteiger partial charge in [0, 0.05) is 0 Å². The van der Waals surface area contributed by atoms with E-state index in [9.17, 15) is 9.59 Å². The molecule has 14 heavy (non-hydrogen) atoms. The Morgan fingerprint density at radius 1 is 1.21 bits per heavy atom. The first-order valence-electron chi connectivity index (χ1n) is 3.50. The molecule has 0 heterocycles. The van der Waals surface area contributed by atoms with Crippen LogP contribution in [0.5, 0.6) is 0 Å². The van der Waals surface area contributed by atoms with E-state index in [0.717, 1.165) is 6.08 Å². The van der Waals surface area contributed by atoms with Gasteiger partial charge in [-0.15, -0.1) is 0 Å². The number of hydrogen-bond donors (Lipinski definition) is 4. The Hall–Kier alpha value is -1.44. The summed E-state index contributed by atoms with van der Waals surface area (Å²) in [4.78, 5) is 20.9. The molecule has 0 saturated heterocycles. The van der Waals surface area contributed by atoms with Crippen LogP contribution in [0, 0.1) is 0 Å². The van der Waals surface area contributed by atoms with Crippen molar-refractivity contribution in [3.8, 4) is 0 Å². The molecule has 0 aliphatic rings. The van der Waals surface area contributed by atoms with Crippen molar-refractivity contribution in [2.24, 2.45) is 0 Å². The largest absolute Gasteiger partial charge is 0.479 e. The summed E-state index contributed by atoms with van der Waals surface area (Å²) in [6.45, 7) is 3.07. The first kappa shape index (κ1) is 12.6. The van der Waals surface area contributed by atoms with E-state index < -0.39 is 30.4 Å². The molecule has 3 unspecified atom stereocenters. The normalized spacial score (nSPS) is 16.5. The second-order valence-electron chi connectivity index (χ2n) is 2.29. The molecule has 0 fully saturated rings. The first-order chi connectivity index (χ1) is 6.40. The maximum atomic E-state index is 10.8. The van der Waals surface area contributed by atoms with Crippen LogP contribution in [0.3, 0.4) is 0 Å². The van der Waals surface area contributed by atoms with Crippen molar-refractivity contribution in [2.45, 2.75) is 18.5 Å². The van der Waals surface area contributed by atoms with E-state index in [-0.39, 0.29) is 0 Å². The number of carboxylic acid groups (broad SMARTS) is 1. The third-order valence-electron chi connectivity index (χ3n) is 1.23. The monoisotopic (exact) mass is 206 g/mol. The van der Waals surface area contributed by atoms with E-state index in [2.05, 4.69) is 11.3 Å². The fraction of sp³-hybridized carbons (Fsp3) is 0.429. The minimum absolute atomic E-state index is 0.845. The number of carbonyl (C=O) groups is 2. The van der Waals surface area contributed by atoms with Gasteiger partial charge in [-0.25, -0.2) is 9.59 Å². The van der Waals surface area contributed by atoms with E-state index >= 15 is 0 Å². The zero-order valence-electron chi connectivity index (χ0n) is 7.03. The molecular weight excluding hydrogens is 196 g/mol. The molecule has 0 bridgehead atoms. The van der Waals surface area contributed by atoms with Crippen LogP contribution < -0.4 is 0 Å². The molecule has 0 aromatic carbocycles. The van der Waals surface area contributed by atoms with Gasteiger partial charge < -0.3 is 25.2 Å². The summed E-state index contributed by atoms with van der Waals surface area (Å²) in [6.07, 6.45) is -5.35. The second-order valence-corrected chi connectivity index (χ2v) is 2.29. The van der Waals surface area contributed by atoms with E-state index in [1.54, 1.807) is 0 Å². The Labute approximate surface area is 78.9 Å². The van der Waals surface area contributed by atoms with Crippen molar-refractivity contribution in [2.75, 3.05) is 0 Å². The molecule has 0 aliphatic heterocycles. The van der Waals surface area contributed by atoms with Gasteiger partial charge in [-0.1, -0.05) is 6.58 Å². The Morgan fingerprint density at radius 3 is 2.07 bits per heavy atom. The molecular formula is C7H10O7. The van der Waals surface area contributed by atoms with Crippen LogP contribution in [-0.4, -0.2) is 50.9 Å². The van der Waals surface area contributed by atoms with Gasteiger partial charge in [0.15, 0.2) is 12.2 Å². The van der Waals surface area contributed by atoms with Crippen molar-refractivity contribution < 1.29 is 34.8 Å². The summed E-state index contributed by atoms with van der Waals surface area (Å²) in [5, 5.41) is 34.4. The Balaban J connectivity index is 4.25. The molecule has 0 spiro atoms. The number of esters is 1. The SMILES string of the molecule is C=CC(O)OC(=O)C(O)C(O)C(=O)O. The molecule has 4 N–H and O–H groups in total. The van der Waals surface area contributed by atoms with Crippen molar-refractivity contribution >= 4 is 11.9 Å². The lowest BCUT2D eigenvalue weighted by atomic mass is 10.2. The minimum Gasteiger partial charge on any atom is -0.479 e. The molecule has 0 aromatic rings. The molecule has 80 valence electrons. The minimum atomic E-state index is -2.29. The average Bonchev–Trinajstić information content (AvgIpc) is 2.14. The van der Waals surface area contributed by atoms with E-state index in [1.165, 1.54) is 0 Å². The van der Waals surface area contributed by atoms with Crippen LogP contribution in [0.4, 0.5) is 0 Å². The quantitative estimate of drug-likeness (QED) is 0.229. The third-order valence-corrected chi connectivity index (χ3v) is 1.23. The van der Waals surface area contributed by atoms with Crippen LogP contribution in [0.1, 0.15) is 0 Å². The number of carbonyl (C=O) groups excluding carboxylic acids is 1. The number of carboxylic acids is 1. The molecule has 7 heteroatoms. The van der Waals surface area contributed by atoms with Crippen molar-refractivity contribution in [1.82, 2.24) is 0 Å². The topological polar surface area (TPSA) is 124 Å². The fourth-order valence-electron chi connectivity index (χ4n) is 0.501. The lowest BCUT2D eigenvalue weighted by Gasteiger charge is -2.14. The maximum absolute atomic E-state index is 10.8. The van der Waals surface area contributed by atoms with Crippen molar-refractivity contribution in [3.05, 3.63) is 12.7 Å². The number of aliphatic carboxylic acids is 1. The molecule has 0 amide bonds. The number of ether oxygens (including phenoxy) is 1. The van der Waals surface area contributed by atoms with E-state index in [4.69, 9.17) is 20.4 Å². The summed E-state index contributed by atoms with van der Waals surface area (Å²) in [6, 6.07) is 0. The molecule has 3 atom stereocenters. The van der Waals surface area contributed by atoms with Gasteiger partial charge in [0.1, 0.15) is 0 Å². The molecule has 0 radical (unpaired) electrons. The average molecular weight is 206 g/mol. The van der Waals surface area contributed by atoms with Gasteiger partial charge in [0.2, 0.25) is 6.29 Å². The summed E-state index contributed by atoms with van der Waals surface area (Å²) >= 11 is 0. The molecule has 0 aromatic heterocycles. The zero-order chi connectivity index (χ0) is 11.3. The van der Waals surface area contributed by atoms with Gasteiger partial charge in [0.25, 0.3) is 0 Å². The zero-order valence-corrected chi connectivity index (χ0v) is 7.03. The molecule has 7 nitrogen and oxygen atoms in total. The smallest absolute Gasteiger partial charge is 0.340 e. The number of aliphatic hydroxyl groups excluding tert-OH is 3. The van der Waals surface area contributed by atoms with Crippen molar-refractivity contribution in [1.29, 1.82) is 0 Å². The van der Waals surface area contributed by atoms with Gasteiger partial charge in [-0.05, 0) is 6.08 Å². The maximum Gasteiger partial charge on any atom is 0.340 e. The number of hydrogen-bond acceptors (Lipinski definition) is 6. The molecule has 0 saturated carbocycles. The van der Waals surface area contributed by atoms with Crippen LogP contribution in [0.15, 0.2) is 12.7 Å². The van der Waals surface area contributed by atoms with Gasteiger partial charge in [-0.3, -0.25) is 0 Å². The van der Waals surface area contributed by atoms with E-state index in [0.29, 0.717) is 0 Å². The van der Waals surface area contributed by atoms with Crippen LogP contribution in [0.2, 0.25) is 0 Å². The Bertz CT molecular complexity index is 236. The number of rotatable bonds is 5. The molecule has 0 aliphatic carbocycles. The van der Waals surface area contributed by atoms with Gasteiger partial charge >= 0.3 is 11.9 Å². The summed E-state index contributed by atoms with van der Waals surface area (Å²) in [5.74, 6) is -3.23. The highest BCUT2D eigenvalue weighted by atomic mass is 16.6. The summed E-state index contributed by atoms with van der Waals surface area (Å²) in [5.41, 5.74) is 0. The summed E-state index contributed by atoms with van der Waals surface area (Å²) in [7, 11) is 0. The predicted octanol–water partition coefficient (Wildman–Crippen LogP) is -2.16. The molecule has 0 rings (SSSR count). The Kier molecular flexibility index (Phi) is 4.78. The Morgan fingerprint density at radius 2 is 1.71 bits per heavy atom. The van der Waals surface area contributed by atoms with Crippen LogP contribution in [-0.2, 0) is 14.3 Å². The van der Waals surface area contributed by atoms with E-state index in [1.807, 2.05) is 0 Å². The van der Waals surface area contributed by atoms with Crippen molar-refractivity contribution in [3.63, 3.8) is 0 Å². The number of aliphatic hydroxyl groups is 3. The standard InChI is InChI=1S/C7H10O7/c1-2-3(8)14-7(13)5(10)4(9)6(11)12/h2-5,8-10H,1H2,(H,11,12). The fourth-order valence-corrected chi connectivity index (χ4v) is 0.501. The van der Waals surface area contributed by atoms with Crippen LogP contribution in [0.25, 0.3) is 0 Å². The highest BCUT2D eigenvalue weighted by Gasteiger charge is 2.32. The lowest BCUT2D eigenvalue weighted by molar-refractivity contribution is -0.181. The lowest BCUT2D eigenvalue weighted by Crippen LogP contribution is -2.41.